The summed E-state index contributed by atoms with van der Waals surface area (Å²) in [7, 11) is 0. The van der Waals surface area contributed by atoms with E-state index < -0.39 is 0 Å². The predicted molar refractivity (Wildman–Crippen MR) is 79.5 cm³/mol. The van der Waals surface area contributed by atoms with Gasteiger partial charge in [-0.3, -0.25) is 0 Å². The van der Waals surface area contributed by atoms with Crippen molar-refractivity contribution < 1.29 is 4.74 Å². The second kappa shape index (κ2) is 8.56. The minimum Gasteiger partial charge on any atom is -0.474 e. The largest absolute Gasteiger partial charge is 0.474 e. The Balaban J connectivity index is 2.46. The van der Waals surface area contributed by atoms with Crippen LogP contribution < -0.4 is 15.8 Å². The molecule has 3 N–H and O–H groups in total. The Morgan fingerprint density at radius 1 is 1.26 bits per heavy atom. The second-order valence-electron chi connectivity index (χ2n) is 4.76. The first-order valence-electron chi connectivity index (χ1n) is 7.20. The second-order valence-corrected chi connectivity index (χ2v) is 4.76. The molecule has 19 heavy (non-hydrogen) atoms. The third kappa shape index (κ3) is 6.27. The van der Waals surface area contributed by atoms with Gasteiger partial charge in [0.05, 0.1) is 6.10 Å². The van der Waals surface area contributed by atoms with Crippen LogP contribution in [-0.2, 0) is 0 Å². The molecule has 1 atom stereocenters. The van der Waals surface area contributed by atoms with Gasteiger partial charge >= 0.3 is 0 Å². The maximum atomic E-state index is 5.79. The Kier molecular flexibility index (Phi) is 7.00. The molecule has 1 aromatic rings. The quantitative estimate of drug-likeness (QED) is 0.671. The van der Waals surface area contributed by atoms with Crippen molar-refractivity contribution in [3.63, 3.8) is 0 Å². The molecule has 0 aliphatic rings. The van der Waals surface area contributed by atoms with Crippen molar-refractivity contribution in [2.24, 2.45) is 0 Å². The average Bonchev–Trinajstić information content (AvgIpc) is 2.34. The first-order chi connectivity index (χ1) is 9.15. The molecular weight excluding hydrogens is 240 g/mol. The number of nitrogens with zero attached hydrogens (tertiary/aromatic N) is 2. The zero-order valence-corrected chi connectivity index (χ0v) is 12.3. The van der Waals surface area contributed by atoms with Crippen molar-refractivity contribution in [2.45, 2.75) is 59.0 Å². The van der Waals surface area contributed by atoms with E-state index >= 15 is 0 Å². The number of unbranched alkanes of at least 4 members (excludes halogenated alkanes) is 3. The molecule has 0 radical (unpaired) electrons. The maximum absolute atomic E-state index is 5.79. The maximum Gasteiger partial charge on any atom is 0.225 e. The highest BCUT2D eigenvalue weighted by Crippen LogP contribution is 2.17. The Hall–Kier alpha value is -1.52. The van der Waals surface area contributed by atoms with E-state index in [9.17, 15) is 0 Å². The molecular formula is C14H26N4O. The Labute approximate surface area is 116 Å². The van der Waals surface area contributed by atoms with Gasteiger partial charge in [0.2, 0.25) is 11.8 Å². The van der Waals surface area contributed by atoms with Crippen LogP contribution in [0.15, 0.2) is 6.07 Å². The number of nitrogens with two attached hydrogens (primary N) is 1. The van der Waals surface area contributed by atoms with E-state index in [-0.39, 0.29) is 12.1 Å². The van der Waals surface area contributed by atoms with E-state index in [1.807, 2.05) is 6.92 Å². The number of anilines is 2. The van der Waals surface area contributed by atoms with Gasteiger partial charge < -0.3 is 15.8 Å². The molecule has 1 unspecified atom stereocenters. The van der Waals surface area contributed by atoms with Gasteiger partial charge in [-0.15, -0.1) is 0 Å². The molecule has 108 valence electrons. The van der Waals surface area contributed by atoms with Crippen molar-refractivity contribution in [2.75, 3.05) is 17.6 Å². The van der Waals surface area contributed by atoms with Crippen molar-refractivity contribution >= 4 is 11.8 Å². The molecule has 5 nitrogen and oxygen atoms in total. The molecule has 0 aromatic carbocycles. The smallest absolute Gasteiger partial charge is 0.225 e. The van der Waals surface area contributed by atoms with Crippen LogP contribution in [0.1, 0.15) is 52.9 Å². The summed E-state index contributed by atoms with van der Waals surface area (Å²) in [4.78, 5) is 8.20. The summed E-state index contributed by atoms with van der Waals surface area (Å²) in [6.45, 7) is 7.08. The molecule has 0 saturated carbocycles. The molecule has 0 aliphatic heterocycles. The minimum absolute atomic E-state index is 0.153. The van der Waals surface area contributed by atoms with Gasteiger partial charge in [0.25, 0.3) is 0 Å². The van der Waals surface area contributed by atoms with Gasteiger partial charge in [0.15, 0.2) is 0 Å². The number of hydrogen-bond donors (Lipinski definition) is 2. The molecule has 1 heterocycles. The van der Waals surface area contributed by atoms with Gasteiger partial charge in [-0.25, -0.2) is 0 Å². The lowest BCUT2D eigenvalue weighted by atomic mass is 10.1. The van der Waals surface area contributed by atoms with E-state index in [0.717, 1.165) is 13.0 Å². The van der Waals surface area contributed by atoms with Crippen molar-refractivity contribution in [1.82, 2.24) is 9.97 Å². The van der Waals surface area contributed by atoms with Gasteiger partial charge in [-0.1, -0.05) is 26.2 Å². The Morgan fingerprint density at radius 2 is 2.05 bits per heavy atom. The highest BCUT2D eigenvalue weighted by atomic mass is 16.5. The molecule has 5 heteroatoms. The van der Waals surface area contributed by atoms with Crippen LogP contribution in [0.25, 0.3) is 0 Å². The summed E-state index contributed by atoms with van der Waals surface area (Å²) in [5, 5.41) is 3.11. The van der Waals surface area contributed by atoms with Crippen molar-refractivity contribution in [3.05, 3.63) is 6.07 Å². The number of aromatic nitrogens is 2. The summed E-state index contributed by atoms with van der Waals surface area (Å²) >= 11 is 0. The molecule has 0 fully saturated rings. The Bertz CT molecular complexity index is 370. The number of hydrogen-bond acceptors (Lipinski definition) is 5. The van der Waals surface area contributed by atoms with Crippen LogP contribution >= 0.6 is 0 Å². The third-order valence-electron chi connectivity index (χ3n) is 2.86. The molecule has 0 aliphatic carbocycles. The summed E-state index contributed by atoms with van der Waals surface area (Å²) in [6.07, 6.45) is 6.19. The highest BCUT2D eigenvalue weighted by molar-refractivity contribution is 5.42. The van der Waals surface area contributed by atoms with Crippen LogP contribution in [0, 0.1) is 0 Å². The third-order valence-corrected chi connectivity index (χ3v) is 2.86. The van der Waals surface area contributed by atoms with Crippen LogP contribution in [0.5, 0.6) is 5.88 Å². The van der Waals surface area contributed by atoms with Crippen LogP contribution in [0.3, 0.4) is 0 Å². The van der Waals surface area contributed by atoms with Gasteiger partial charge in [-0.05, 0) is 26.7 Å². The van der Waals surface area contributed by atoms with E-state index in [1.165, 1.54) is 25.7 Å². The predicted octanol–water partition coefficient (Wildman–Crippen LogP) is 3.23. The topological polar surface area (TPSA) is 73.1 Å². The lowest BCUT2D eigenvalue weighted by molar-refractivity contribution is 0.198. The minimum atomic E-state index is 0.153. The van der Waals surface area contributed by atoms with Crippen molar-refractivity contribution in [1.29, 1.82) is 0 Å². The summed E-state index contributed by atoms with van der Waals surface area (Å²) in [5.74, 6) is 1.50. The fraction of sp³-hybridized carbons (Fsp3) is 0.714. The first-order valence-corrected chi connectivity index (χ1v) is 7.20. The van der Waals surface area contributed by atoms with Crippen LogP contribution in [0.4, 0.5) is 11.8 Å². The van der Waals surface area contributed by atoms with E-state index in [2.05, 4.69) is 29.1 Å². The average molecular weight is 266 g/mol. The molecule has 0 spiro atoms. The summed E-state index contributed by atoms with van der Waals surface area (Å²) < 4.78 is 5.79. The zero-order chi connectivity index (χ0) is 14.1. The first kappa shape index (κ1) is 15.5. The van der Waals surface area contributed by atoms with Crippen molar-refractivity contribution in [3.8, 4) is 5.88 Å². The van der Waals surface area contributed by atoms with Gasteiger partial charge in [0.1, 0.15) is 5.82 Å². The Morgan fingerprint density at radius 3 is 2.74 bits per heavy atom. The van der Waals surface area contributed by atoms with Crippen LogP contribution in [-0.4, -0.2) is 22.6 Å². The van der Waals surface area contributed by atoms with Crippen LogP contribution in [0.2, 0.25) is 0 Å². The fourth-order valence-corrected chi connectivity index (χ4v) is 1.90. The number of nitrogen functional groups attached to an aromatic ring is 1. The van der Waals surface area contributed by atoms with Gasteiger partial charge in [0, 0.05) is 12.6 Å². The molecule has 0 bridgehead atoms. The fourth-order valence-electron chi connectivity index (χ4n) is 1.90. The van der Waals surface area contributed by atoms with E-state index in [1.54, 1.807) is 6.07 Å². The molecule has 0 saturated heterocycles. The zero-order valence-electron chi connectivity index (χ0n) is 12.3. The summed E-state index contributed by atoms with van der Waals surface area (Å²) in [5.41, 5.74) is 5.66. The number of rotatable bonds is 9. The number of nitrogens with one attached hydrogen (secondary N) is 1. The van der Waals surface area contributed by atoms with Gasteiger partial charge in [-0.2, -0.15) is 9.97 Å². The molecule has 0 amide bonds. The lowest BCUT2D eigenvalue weighted by Crippen LogP contribution is -2.14. The normalized spacial score (nSPS) is 12.2. The van der Waals surface area contributed by atoms with E-state index in [4.69, 9.17) is 10.5 Å². The monoisotopic (exact) mass is 266 g/mol. The number of ether oxygens (including phenoxy) is 1. The standard InChI is InChI=1S/C14H26N4O/c1-4-6-7-8-9-11(3)19-13-10-12(16-5-2)17-14(15)18-13/h10-11H,4-9H2,1-3H3,(H3,15,16,17,18). The highest BCUT2D eigenvalue weighted by Gasteiger charge is 2.07. The SMILES string of the molecule is CCCCCCC(C)Oc1cc(NCC)nc(N)n1. The molecule has 1 rings (SSSR count). The lowest BCUT2D eigenvalue weighted by Gasteiger charge is -2.14. The molecule has 1 aromatic heterocycles. The summed E-state index contributed by atoms with van der Waals surface area (Å²) in [6, 6.07) is 1.79. The van der Waals surface area contributed by atoms with E-state index in [0.29, 0.717) is 11.7 Å².